The highest BCUT2D eigenvalue weighted by Crippen LogP contribution is 2.21. The average Bonchev–Trinajstić information content (AvgIpc) is 2.21. The van der Waals surface area contributed by atoms with Crippen molar-refractivity contribution in [1.82, 2.24) is 4.90 Å². The van der Waals surface area contributed by atoms with E-state index in [2.05, 4.69) is 18.7 Å². The molecule has 1 N–H and O–H groups in total. The van der Waals surface area contributed by atoms with Gasteiger partial charge in [0.15, 0.2) is 0 Å². The van der Waals surface area contributed by atoms with Crippen molar-refractivity contribution >= 4 is 0 Å². The predicted octanol–water partition coefficient (Wildman–Crippen LogP) is 0.988. The highest BCUT2D eigenvalue weighted by molar-refractivity contribution is 4.78. The molecular weight excluding hydrogens is 206 g/mol. The van der Waals surface area contributed by atoms with Crippen molar-refractivity contribution in [2.24, 2.45) is 5.41 Å². The van der Waals surface area contributed by atoms with Crippen LogP contribution in [0.5, 0.6) is 0 Å². The number of hydrogen-bond acceptors (Lipinski definition) is 4. The van der Waals surface area contributed by atoms with Gasteiger partial charge in [-0.3, -0.25) is 4.90 Å². The van der Waals surface area contributed by atoms with E-state index in [-0.39, 0.29) is 11.5 Å². The molecule has 0 aromatic rings. The maximum absolute atomic E-state index is 9.69. The molecule has 1 unspecified atom stereocenters. The summed E-state index contributed by atoms with van der Waals surface area (Å²) in [5.41, 5.74) is -0.110. The molecule has 1 atom stereocenters. The van der Waals surface area contributed by atoms with Crippen molar-refractivity contribution < 1.29 is 14.6 Å². The summed E-state index contributed by atoms with van der Waals surface area (Å²) in [6.07, 6.45) is -0.319. The Hall–Kier alpha value is -0.160. The molecular formula is C12H27NO3. The number of ether oxygens (including phenoxy) is 2. The van der Waals surface area contributed by atoms with Crippen LogP contribution in [0.25, 0.3) is 0 Å². The molecule has 0 bridgehead atoms. The van der Waals surface area contributed by atoms with Gasteiger partial charge in [0.05, 0.1) is 19.3 Å². The van der Waals surface area contributed by atoms with Crippen LogP contribution in [0.1, 0.15) is 20.8 Å². The normalized spacial score (nSPS) is 14.4. The van der Waals surface area contributed by atoms with Crippen LogP contribution in [-0.4, -0.2) is 63.2 Å². The Morgan fingerprint density at radius 1 is 1.12 bits per heavy atom. The fourth-order valence-corrected chi connectivity index (χ4v) is 1.42. The minimum atomic E-state index is -0.319. The van der Waals surface area contributed by atoms with Crippen molar-refractivity contribution in [3.63, 3.8) is 0 Å². The molecule has 0 spiro atoms. The summed E-state index contributed by atoms with van der Waals surface area (Å²) in [4.78, 5) is 2.26. The smallest absolute Gasteiger partial charge is 0.0589 e. The largest absolute Gasteiger partial charge is 0.393 e. The SMILES string of the molecule is COCCN(CCOC)CC(C)(C)C(C)O. The topological polar surface area (TPSA) is 41.9 Å². The van der Waals surface area contributed by atoms with Crippen molar-refractivity contribution in [2.75, 3.05) is 47.1 Å². The lowest BCUT2D eigenvalue weighted by molar-refractivity contribution is 0.0201. The Balaban J connectivity index is 4.17. The van der Waals surface area contributed by atoms with Gasteiger partial charge in [0.25, 0.3) is 0 Å². The van der Waals surface area contributed by atoms with E-state index in [4.69, 9.17) is 9.47 Å². The first-order valence-electron chi connectivity index (χ1n) is 5.82. The summed E-state index contributed by atoms with van der Waals surface area (Å²) >= 11 is 0. The Morgan fingerprint density at radius 3 is 1.88 bits per heavy atom. The lowest BCUT2D eigenvalue weighted by Crippen LogP contribution is -2.43. The Kier molecular flexibility index (Phi) is 7.93. The Morgan fingerprint density at radius 2 is 1.56 bits per heavy atom. The molecule has 0 heterocycles. The van der Waals surface area contributed by atoms with Crippen molar-refractivity contribution in [2.45, 2.75) is 26.9 Å². The monoisotopic (exact) mass is 233 g/mol. The van der Waals surface area contributed by atoms with Gasteiger partial charge in [-0.15, -0.1) is 0 Å². The lowest BCUT2D eigenvalue weighted by Gasteiger charge is -2.34. The molecule has 0 radical (unpaired) electrons. The second kappa shape index (κ2) is 8.01. The number of rotatable bonds is 9. The van der Waals surface area contributed by atoms with Gasteiger partial charge in [0, 0.05) is 39.3 Å². The number of hydrogen-bond donors (Lipinski definition) is 1. The number of nitrogens with zero attached hydrogens (tertiary/aromatic N) is 1. The lowest BCUT2D eigenvalue weighted by atomic mass is 9.87. The van der Waals surface area contributed by atoms with Crippen LogP contribution < -0.4 is 0 Å². The minimum Gasteiger partial charge on any atom is -0.393 e. The Bertz CT molecular complexity index is 164. The van der Waals surface area contributed by atoms with E-state index < -0.39 is 0 Å². The molecule has 0 aliphatic heterocycles. The molecule has 0 aliphatic carbocycles. The van der Waals surface area contributed by atoms with Gasteiger partial charge in [-0.05, 0) is 6.92 Å². The zero-order valence-corrected chi connectivity index (χ0v) is 11.3. The first-order valence-corrected chi connectivity index (χ1v) is 5.82. The summed E-state index contributed by atoms with van der Waals surface area (Å²) in [7, 11) is 3.41. The second-order valence-corrected chi connectivity index (χ2v) is 4.93. The molecule has 0 saturated carbocycles. The van der Waals surface area contributed by atoms with Gasteiger partial charge in [0.2, 0.25) is 0 Å². The van der Waals surface area contributed by atoms with E-state index in [0.717, 1.165) is 19.6 Å². The maximum atomic E-state index is 9.69. The molecule has 16 heavy (non-hydrogen) atoms. The molecule has 98 valence electrons. The van der Waals surface area contributed by atoms with Gasteiger partial charge in [-0.2, -0.15) is 0 Å². The van der Waals surface area contributed by atoms with Gasteiger partial charge >= 0.3 is 0 Å². The van der Waals surface area contributed by atoms with Gasteiger partial charge in [0.1, 0.15) is 0 Å². The molecule has 0 amide bonds. The van der Waals surface area contributed by atoms with Crippen LogP contribution in [0.4, 0.5) is 0 Å². The van der Waals surface area contributed by atoms with Crippen LogP contribution in [0.15, 0.2) is 0 Å². The molecule has 0 aromatic carbocycles. The quantitative estimate of drug-likeness (QED) is 0.645. The molecule has 4 nitrogen and oxygen atoms in total. The highest BCUT2D eigenvalue weighted by atomic mass is 16.5. The second-order valence-electron chi connectivity index (χ2n) is 4.93. The summed E-state index contributed by atoms with van der Waals surface area (Å²) in [6, 6.07) is 0. The third-order valence-electron chi connectivity index (χ3n) is 2.99. The van der Waals surface area contributed by atoms with Crippen LogP contribution in [-0.2, 0) is 9.47 Å². The summed E-state index contributed by atoms with van der Waals surface area (Å²) < 4.78 is 10.2. The number of methoxy groups -OCH3 is 2. The predicted molar refractivity (Wildman–Crippen MR) is 65.7 cm³/mol. The van der Waals surface area contributed by atoms with Crippen molar-refractivity contribution in [3.05, 3.63) is 0 Å². The van der Waals surface area contributed by atoms with Crippen molar-refractivity contribution in [1.29, 1.82) is 0 Å². The van der Waals surface area contributed by atoms with Crippen LogP contribution >= 0.6 is 0 Å². The zero-order chi connectivity index (χ0) is 12.6. The third-order valence-corrected chi connectivity index (χ3v) is 2.99. The van der Waals surface area contributed by atoms with E-state index in [9.17, 15) is 5.11 Å². The third kappa shape index (κ3) is 6.43. The van der Waals surface area contributed by atoms with Crippen LogP contribution in [0.3, 0.4) is 0 Å². The zero-order valence-electron chi connectivity index (χ0n) is 11.3. The van der Waals surface area contributed by atoms with Gasteiger partial charge in [-0.25, -0.2) is 0 Å². The van der Waals surface area contributed by atoms with E-state index in [1.807, 2.05) is 6.92 Å². The highest BCUT2D eigenvalue weighted by Gasteiger charge is 2.26. The Labute approximate surface area is 99.5 Å². The average molecular weight is 233 g/mol. The first kappa shape index (κ1) is 15.8. The standard InChI is InChI=1S/C12H27NO3/c1-11(14)12(2,3)10-13(6-8-15-4)7-9-16-5/h11,14H,6-10H2,1-5H3. The van der Waals surface area contributed by atoms with Crippen LogP contribution in [0, 0.1) is 5.41 Å². The van der Waals surface area contributed by atoms with E-state index in [1.165, 1.54) is 0 Å². The molecule has 0 fully saturated rings. The minimum absolute atomic E-state index is 0.110. The summed E-state index contributed by atoms with van der Waals surface area (Å²) in [6.45, 7) is 9.99. The van der Waals surface area contributed by atoms with E-state index in [0.29, 0.717) is 13.2 Å². The molecule has 0 rings (SSSR count). The van der Waals surface area contributed by atoms with Gasteiger partial charge in [-0.1, -0.05) is 13.8 Å². The fraction of sp³-hybridized carbons (Fsp3) is 1.00. The fourth-order valence-electron chi connectivity index (χ4n) is 1.42. The number of aliphatic hydroxyl groups excluding tert-OH is 1. The molecule has 0 aliphatic rings. The maximum Gasteiger partial charge on any atom is 0.0589 e. The molecule has 4 heteroatoms. The summed E-state index contributed by atoms with van der Waals surface area (Å²) in [5, 5.41) is 9.69. The molecule has 0 saturated heterocycles. The van der Waals surface area contributed by atoms with E-state index in [1.54, 1.807) is 14.2 Å². The van der Waals surface area contributed by atoms with Crippen LogP contribution in [0.2, 0.25) is 0 Å². The van der Waals surface area contributed by atoms with Crippen molar-refractivity contribution in [3.8, 4) is 0 Å². The summed E-state index contributed by atoms with van der Waals surface area (Å²) in [5.74, 6) is 0. The van der Waals surface area contributed by atoms with E-state index >= 15 is 0 Å². The number of aliphatic hydroxyl groups is 1. The first-order chi connectivity index (χ1) is 7.44. The molecule has 0 aromatic heterocycles. The van der Waals surface area contributed by atoms with Gasteiger partial charge < -0.3 is 14.6 Å².